The highest BCUT2D eigenvalue weighted by Gasteiger charge is 2.05. The van der Waals surface area contributed by atoms with Crippen molar-refractivity contribution in [3.8, 4) is 11.6 Å². The minimum absolute atomic E-state index is 0.666. The summed E-state index contributed by atoms with van der Waals surface area (Å²) in [6, 6.07) is 11.9. The fraction of sp³-hybridized carbons (Fsp3) is 0.214. The van der Waals surface area contributed by atoms with Crippen LogP contribution < -0.4 is 10.1 Å². The molecule has 0 spiro atoms. The Morgan fingerprint density at radius 2 is 2.00 bits per heavy atom. The van der Waals surface area contributed by atoms with Gasteiger partial charge in [-0.05, 0) is 59.5 Å². The molecule has 0 aliphatic rings. The minimum Gasteiger partial charge on any atom is -0.439 e. The first-order valence-corrected chi connectivity index (χ1v) is 6.95. The Morgan fingerprint density at radius 3 is 2.72 bits per heavy atom. The van der Waals surface area contributed by atoms with Crippen LogP contribution in [0.2, 0.25) is 0 Å². The van der Waals surface area contributed by atoms with E-state index in [4.69, 9.17) is 4.74 Å². The van der Waals surface area contributed by atoms with Crippen LogP contribution in [0.3, 0.4) is 0 Å². The van der Waals surface area contributed by atoms with Gasteiger partial charge in [-0.2, -0.15) is 0 Å². The number of halogens is 1. The van der Waals surface area contributed by atoms with Gasteiger partial charge >= 0.3 is 0 Å². The molecule has 0 atom stereocenters. The van der Waals surface area contributed by atoms with Crippen molar-refractivity contribution in [2.45, 2.75) is 13.5 Å². The van der Waals surface area contributed by atoms with Crippen molar-refractivity contribution in [3.63, 3.8) is 0 Å². The van der Waals surface area contributed by atoms with Gasteiger partial charge < -0.3 is 10.1 Å². The van der Waals surface area contributed by atoms with Crippen LogP contribution >= 0.6 is 22.6 Å². The number of ether oxygens (including phenoxy) is 1. The molecule has 0 bridgehead atoms. The Morgan fingerprint density at radius 1 is 1.22 bits per heavy atom. The summed E-state index contributed by atoms with van der Waals surface area (Å²) in [6.07, 6.45) is 1.75. The summed E-state index contributed by atoms with van der Waals surface area (Å²) in [5.41, 5.74) is 1.07. The zero-order valence-electron chi connectivity index (χ0n) is 10.2. The summed E-state index contributed by atoms with van der Waals surface area (Å²) in [7, 11) is 0. The molecular formula is C14H15IN2O. The van der Waals surface area contributed by atoms with E-state index in [0.717, 1.165) is 24.4 Å². The molecule has 1 aromatic carbocycles. The Labute approximate surface area is 121 Å². The standard InChI is InChI=1S/C14H15IN2O/c1-2-16-10-11-4-3-9-17-14(11)18-13-7-5-12(15)6-8-13/h3-9,16H,2,10H2,1H3. The molecule has 94 valence electrons. The highest BCUT2D eigenvalue weighted by molar-refractivity contribution is 14.1. The van der Waals surface area contributed by atoms with Gasteiger partial charge in [-0.3, -0.25) is 0 Å². The largest absolute Gasteiger partial charge is 0.439 e. The second kappa shape index (κ2) is 6.70. The molecule has 3 nitrogen and oxygen atoms in total. The van der Waals surface area contributed by atoms with E-state index in [9.17, 15) is 0 Å². The summed E-state index contributed by atoms with van der Waals surface area (Å²) in [5.74, 6) is 1.48. The Balaban J connectivity index is 2.15. The smallest absolute Gasteiger partial charge is 0.223 e. The van der Waals surface area contributed by atoms with Crippen LogP contribution in [0.5, 0.6) is 11.6 Å². The molecule has 0 radical (unpaired) electrons. The van der Waals surface area contributed by atoms with Gasteiger partial charge in [0, 0.05) is 21.9 Å². The fourth-order valence-electron chi connectivity index (χ4n) is 1.52. The molecule has 0 saturated carbocycles. The Bertz CT molecular complexity index is 499. The number of aromatic nitrogens is 1. The molecule has 0 aliphatic heterocycles. The van der Waals surface area contributed by atoms with Crippen LogP contribution in [0.25, 0.3) is 0 Å². The highest BCUT2D eigenvalue weighted by Crippen LogP contribution is 2.23. The third-order valence-electron chi connectivity index (χ3n) is 2.44. The van der Waals surface area contributed by atoms with Crippen molar-refractivity contribution in [3.05, 3.63) is 51.7 Å². The maximum Gasteiger partial charge on any atom is 0.223 e. The third kappa shape index (κ3) is 3.68. The lowest BCUT2D eigenvalue weighted by atomic mass is 10.2. The van der Waals surface area contributed by atoms with E-state index in [0.29, 0.717) is 5.88 Å². The maximum atomic E-state index is 5.81. The summed E-state index contributed by atoms with van der Waals surface area (Å²) in [5, 5.41) is 3.28. The predicted molar refractivity (Wildman–Crippen MR) is 80.9 cm³/mol. The predicted octanol–water partition coefficient (Wildman–Crippen LogP) is 3.59. The van der Waals surface area contributed by atoms with Gasteiger partial charge in [-0.1, -0.05) is 13.0 Å². The lowest BCUT2D eigenvalue weighted by Gasteiger charge is -2.10. The first kappa shape index (κ1) is 13.3. The second-order valence-corrected chi connectivity index (χ2v) is 5.05. The molecule has 0 aliphatic carbocycles. The molecule has 4 heteroatoms. The number of hydrogen-bond acceptors (Lipinski definition) is 3. The van der Waals surface area contributed by atoms with Crippen molar-refractivity contribution < 1.29 is 4.74 Å². The van der Waals surface area contributed by atoms with Crippen LogP contribution in [0, 0.1) is 3.57 Å². The van der Waals surface area contributed by atoms with Gasteiger partial charge in [0.2, 0.25) is 5.88 Å². The fourth-order valence-corrected chi connectivity index (χ4v) is 1.88. The molecule has 2 rings (SSSR count). The molecule has 0 saturated heterocycles. The summed E-state index contributed by atoms with van der Waals surface area (Å²) < 4.78 is 7.00. The average molecular weight is 354 g/mol. The number of nitrogens with one attached hydrogen (secondary N) is 1. The Hall–Kier alpha value is -1.14. The normalized spacial score (nSPS) is 10.3. The van der Waals surface area contributed by atoms with Gasteiger partial charge in [0.05, 0.1) is 0 Å². The van der Waals surface area contributed by atoms with E-state index in [1.54, 1.807) is 6.20 Å². The van der Waals surface area contributed by atoms with Crippen molar-refractivity contribution in [1.82, 2.24) is 10.3 Å². The monoisotopic (exact) mass is 354 g/mol. The van der Waals surface area contributed by atoms with Crippen LogP contribution in [0.15, 0.2) is 42.6 Å². The van der Waals surface area contributed by atoms with Crippen LogP contribution in [0.1, 0.15) is 12.5 Å². The molecular weight excluding hydrogens is 339 g/mol. The quantitative estimate of drug-likeness (QED) is 0.834. The van der Waals surface area contributed by atoms with Crippen LogP contribution in [-0.2, 0) is 6.54 Å². The number of pyridine rings is 1. The lowest BCUT2D eigenvalue weighted by Crippen LogP contribution is -2.12. The molecule has 0 unspecified atom stereocenters. The highest BCUT2D eigenvalue weighted by atomic mass is 127. The Kier molecular flexibility index (Phi) is 4.95. The van der Waals surface area contributed by atoms with Crippen LogP contribution in [-0.4, -0.2) is 11.5 Å². The van der Waals surface area contributed by atoms with Crippen molar-refractivity contribution in [1.29, 1.82) is 0 Å². The van der Waals surface area contributed by atoms with E-state index in [2.05, 4.69) is 39.8 Å². The zero-order chi connectivity index (χ0) is 12.8. The van der Waals surface area contributed by atoms with Crippen LogP contribution in [0.4, 0.5) is 0 Å². The SMILES string of the molecule is CCNCc1cccnc1Oc1ccc(I)cc1. The van der Waals surface area contributed by atoms with Gasteiger partial charge in [-0.15, -0.1) is 0 Å². The molecule has 1 aromatic heterocycles. The zero-order valence-corrected chi connectivity index (χ0v) is 12.3. The molecule has 18 heavy (non-hydrogen) atoms. The van der Waals surface area contributed by atoms with Gasteiger partial charge in [0.1, 0.15) is 5.75 Å². The first-order chi connectivity index (χ1) is 8.79. The summed E-state index contributed by atoms with van der Waals surface area (Å²) in [4.78, 5) is 4.29. The second-order valence-electron chi connectivity index (χ2n) is 3.80. The number of benzene rings is 1. The minimum atomic E-state index is 0.666. The first-order valence-electron chi connectivity index (χ1n) is 5.87. The van der Waals surface area contributed by atoms with E-state index < -0.39 is 0 Å². The van der Waals surface area contributed by atoms with Crippen molar-refractivity contribution in [2.75, 3.05) is 6.54 Å². The summed E-state index contributed by atoms with van der Waals surface area (Å²) in [6.45, 7) is 3.78. The van der Waals surface area contributed by atoms with E-state index >= 15 is 0 Å². The van der Waals surface area contributed by atoms with E-state index in [1.165, 1.54) is 3.57 Å². The van der Waals surface area contributed by atoms with Crippen molar-refractivity contribution in [2.24, 2.45) is 0 Å². The molecule has 0 fully saturated rings. The molecule has 2 aromatic rings. The van der Waals surface area contributed by atoms with Gasteiger partial charge in [-0.25, -0.2) is 4.98 Å². The maximum absolute atomic E-state index is 5.81. The average Bonchev–Trinajstić information content (AvgIpc) is 2.40. The van der Waals surface area contributed by atoms with Gasteiger partial charge in [0.15, 0.2) is 0 Å². The van der Waals surface area contributed by atoms with Crippen molar-refractivity contribution >= 4 is 22.6 Å². The summed E-state index contributed by atoms with van der Waals surface area (Å²) >= 11 is 2.27. The van der Waals surface area contributed by atoms with E-state index in [1.807, 2.05) is 36.4 Å². The lowest BCUT2D eigenvalue weighted by molar-refractivity contribution is 0.453. The topological polar surface area (TPSA) is 34.2 Å². The van der Waals surface area contributed by atoms with Gasteiger partial charge in [0.25, 0.3) is 0 Å². The number of hydrogen-bond donors (Lipinski definition) is 1. The molecule has 1 heterocycles. The molecule has 0 amide bonds. The third-order valence-corrected chi connectivity index (χ3v) is 3.16. The van der Waals surface area contributed by atoms with E-state index in [-0.39, 0.29) is 0 Å². The number of nitrogens with zero attached hydrogens (tertiary/aromatic N) is 1. The molecule has 1 N–H and O–H groups in total. The number of rotatable bonds is 5.